The van der Waals surface area contributed by atoms with E-state index in [1.54, 1.807) is 0 Å². The zero-order chi connectivity index (χ0) is 25.0. The highest BCUT2D eigenvalue weighted by Gasteiger charge is 2.37. The molecule has 0 amide bonds. The Bertz CT molecular complexity index is 1040. The minimum Gasteiger partial charge on any atom is -0.466 e. The Morgan fingerprint density at radius 1 is 0.829 bits per heavy atom. The summed E-state index contributed by atoms with van der Waals surface area (Å²) >= 11 is 0. The second-order valence-electron chi connectivity index (χ2n) is 8.75. The minimum absolute atomic E-state index is 0.352. The van der Waals surface area contributed by atoms with Crippen molar-refractivity contribution in [2.24, 2.45) is 0 Å². The Balaban J connectivity index is 1.50. The van der Waals surface area contributed by atoms with Crippen LogP contribution in [-0.2, 0) is 25.6 Å². The zero-order valence-electron chi connectivity index (χ0n) is 20.9. The van der Waals surface area contributed by atoms with Gasteiger partial charge in [0, 0.05) is 17.9 Å². The van der Waals surface area contributed by atoms with E-state index in [2.05, 4.69) is 34.9 Å². The highest BCUT2D eigenvalue weighted by Crippen LogP contribution is 2.39. The van der Waals surface area contributed by atoms with Crippen molar-refractivity contribution in [1.29, 1.82) is 0 Å². The summed E-state index contributed by atoms with van der Waals surface area (Å²) in [7, 11) is 1.35. The molecule has 0 aromatic heterocycles. The predicted octanol–water partition coefficient (Wildman–Crippen LogP) is 4.99. The molecule has 3 rings (SSSR count). The molecule has 1 aliphatic heterocycles. The monoisotopic (exact) mass is 476 g/mol. The van der Waals surface area contributed by atoms with Crippen molar-refractivity contribution in [2.45, 2.75) is 52.0 Å². The van der Waals surface area contributed by atoms with Crippen LogP contribution in [0.5, 0.6) is 0 Å². The molecular formula is C29H36N2O4. The molecule has 2 N–H and O–H groups in total. The first kappa shape index (κ1) is 26.2. The average molecular weight is 477 g/mol. The number of allylic oxidation sites excluding steroid dienone is 2. The molecule has 35 heavy (non-hydrogen) atoms. The Kier molecular flexibility index (Phi) is 10.1. The molecule has 6 nitrogen and oxygen atoms in total. The number of carbonyl (C=O) groups is 2. The van der Waals surface area contributed by atoms with Crippen LogP contribution in [0.25, 0.3) is 0 Å². The van der Waals surface area contributed by atoms with Crippen molar-refractivity contribution < 1.29 is 19.1 Å². The second kappa shape index (κ2) is 13.5. The van der Waals surface area contributed by atoms with Gasteiger partial charge in [0.05, 0.1) is 30.8 Å². The van der Waals surface area contributed by atoms with E-state index in [1.165, 1.54) is 12.7 Å². The van der Waals surface area contributed by atoms with Crippen LogP contribution >= 0.6 is 0 Å². The van der Waals surface area contributed by atoms with Crippen LogP contribution in [0, 0.1) is 0 Å². The molecular weight excluding hydrogens is 440 g/mol. The molecule has 0 saturated heterocycles. The van der Waals surface area contributed by atoms with Crippen molar-refractivity contribution in [3.63, 3.8) is 0 Å². The van der Waals surface area contributed by atoms with Crippen LogP contribution in [0.1, 0.15) is 56.6 Å². The summed E-state index contributed by atoms with van der Waals surface area (Å²) in [5.74, 6) is -1.39. The lowest BCUT2D eigenvalue weighted by Gasteiger charge is -2.30. The third kappa shape index (κ3) is 7.30. The van der Waals surface area contributed by atoms with Crippen LogP contribution in [0.15, 0.2) is 83.2 Å². The SMILES string of the molecule is COC(=O)C1=C(C)NC(C)=C(C(=O)OCCCCCCNCc2ccccc2)C1c1ccccc1. The molecule has 0 aliphatic carbocycles. The number of hydrogen-bond donors (Lipinski definition) is 2. The number of rotatable bonds is 12. The maximum Gasteiger partial charge on any atom is 0.336 e. The summed E-state index contributed by atoms with van der Waals surface area (Å²) < 4.78 is 10.7. The van der Waals surface area contributed by atoms with E-state index < -0.39 is 17.9 Å². The van der Waals surface area contributed by atoms with Gasteiger partial charge in [0.15, 0.2) is 0 Å². The number of dihydropyridines is 1. The van der Waals surface area contributed by atoms with Crippen LogP contribution in [0.3, 0.4) is 0 Å². The van der Waals surface area contributed by atoms with Gasteiger partial charge in [-0.1, -0.05) is 73.5 Å². The lowest BCUT2D eigenvalue weighted by molar-refractivity contribution is -0.139. The fourth-order valence-corrected chi connectivity index (χ4v) is 4.40. The summed E-state index contributed by atoms with van der Waals surface area (Å²) in [5.41, 5.74) is 4.39. The first-order valence-corrected chi connectivity index (χ1v) is 12.3. The van der Waals surface area contributed by atoms with Crippen molar-refractivity contribution in [1.82, 2.24) is 10.6 Å². The van der Waals surface area contributed by atoms with Crippen LogP contribution in [-0.4, -0.2) is 32.2 Å². The Morgan fingerprint density at radius 2 is 1.43 bits per heavy atom. The van der Waals surface area contributed by atoms with Gasteiger partial charge in [-0.3, -0.25) is 0 Å². The summed E-state index contributed by atoms with van der Waals surface area (Å²) in [4.78, 5) is 25.8. The van der Waals surface area contributed by atoms with Gasteiger partial charge >= 0.3 is 11.9 Å². The third-order valence-corrected chi connectivity index (χ3v) is 6.17. The average Bonchev–Trinajstić information content (AvgIpc) is 2.87. The van der Waals surface area contributed by atoms with E-state index in [1.807, 2.05) is 50.2 Å². The molecule has 0 spiro atoms. The first-order chi connectivity index (χ1) is 17.0. The van der Waals surface area contributed by atoms with Crippen molar-refractivity contribution in [2.75, 3.05) is 20.3 Å². The molecule has 2 aromatic rings. The van der Waals surface area contributed by atoms with Crippen LogP contribution < -0.4 is 10.6 Å². The van der Waals surface area contributed by atoms with Crippen LogP contribution in [0.4, 0.5) is 0 Å². The molecule has 0 bridgehead atoms. The number of ether oxygens (including phenoxy) is 2. The van der Waals surface area contributed by atoms with Gasteiger partial charge in [0.25, 0.3) is 0 Å². The quantitative estimate of drug-likeness (QED) is 0.332. The van der Waals surface area contributed by atoms with Gasteiger partial charge in [-0.05, 0) is 44.4 Å². The number of methoxy groups -OCH3 is 1. The fraction of sp³-hybridized carbons (Fsp3) is 0.379. The maximum absolute atomic E-state index is 13.2. The lowest BCUT2D eigenvalue weighted by atomic mass is 9.80. The highest BCUT2D eigenvalue weighted by molar-refractivity contribution is 5.99. The largest absolute Gasteiger partial charge is 0.466 e. The molecule has 1 heterocycles. The van der Waals surface area contributed by atoms with Crippen molar-refractivity contribution in [3.8, 4) is 0 Å². The number of hydrogen-bond acceptors (Lipinski definition) is 6. The van der Waals surface area contributed by atoms with Gasteiger partial charge in [0.1, 0.15) is 0 Å². The van der Waals surface area contributed by atoms with Gasteiger partial charge in [-0.15, -0.1) is 0 Å². The molecule has 2 aromatic carbocycles. The second-order valence-corrected chi connectivity index (χ2v) is 8.75. The normalized spacial score (nSPS) is 15.6. The molecule has 186 valence electrons. The molecule has 1 aliphatic rings. The van der Waals surface area contributed by atoms with Crippen molar-refractivity contribution in [3.05, 3.63) is 94.3 Å². The zero-order valence-corrected chi connectivity index (χ0v) is 20.9. The van der Waals surface area contributed by atoms with Gasteiger partial charge < -0.3 is 20.1 Å². The summed E-state index contributed by atoms with van der Waals surface area (Å²) in [6, 6.07) is 19.9. The molecule has 6 heteroatoms. The molecule has 0 saturated carbocycles. The van der Waals surface area contributed by atoms with E-state index in [-0.39, 0.29) is 0 Å². The summed E-state index contributed by atoms with van der Waals surface area (Å²) in [6.45, 7) is 5.86. The standard InChI is InChI=1S/C29H36N2O4/c1-21-25(28(32)34-3)27(24-16-10-7-11-17-24)26(22(2)31-21)29(33)35-19-13-5-4-12-18-30-20-23-14-8-6-9-15-23/h6-11,14-17,27,30-31H,4-5,12-13,18-20H2,1-3H3. The summed E-state index contributed by atoms with van der Waals surface area (Å²) in [6.07, 6.45) is 3.95. The van der Waals surface area contributed by atoms with Gasteiger partial charge in [-0.25, -0.2) is 9.59 Å². The Morgan fingerprint density at radius 3 is 2.09 bits per heavy atom. The van der Waals surface area contributed by atoms with Gasteiger partial charge in [-0.2, -0.15) is 0 Å². The Labute approximate surface area is 208 Å². The van der Waals surface area contributed by atoms with Crippen LogP contribution in [0.2, 0.25) is 0 Å². The molecule has 1 atom stereocenters. The number of esters is 2. The fourth-order valence-electron chi connectivity index (χ4n) is 4.40. The third-order valence-electron chi connectivity index (χ3n) is 6.17. The maximum atomic E-state index is 13.2. The van der Waals surface area contributed by atoms with Gasteiger partial charge in [0.2, 0.25) is 0 Å². The van der Waals surface area contributed by atoms with E-state index in [4.69, 9.17) is 9.47 Å². The van der Waals surface area contributed by atoms with E-state index in [9.17, 15) is 9.59 Å². The number of benzene rings is 2. The molecule has 0 fully saturated rings. The van der Waals surface area contributed by atoms with Crippen molar-refractivity contribution >= 4 is 11.9 Å². The van der Waals surface area contributed by atoms with E-state index >= 15 is 0 Å². The number of unbranched alkanes of at least 4 members (excludes halogenated alkanes) is 3. The van der Waals surface area contributed by atoms with E-state index in [0.29, 0.717) is 29.1 Å². The molecule has 0 radical (unpaired) electrons. The Hall–Kier alpha value is -3.38. The smallest absolute Gasteiger partial charge is 0.336 e. The van der Waals surface area contributed by atoms with E-state index in [0.717, 1.165) is 44.3 Å². The predicted molar refractivity (Wildman–Crippen MR) is 137 cm³/mol. The molecule has 1 unspecified atom stereocenters. The number of carbonyl (C=O) groups excluding carboxylic acids is 2. The lowest BCUT2D eigenvalue weighted by Crippen LogP contribution is -2.32. The summed E-state index contributed by atoms with van der Waals surface area (Å²) in [5, 5.41) is 6.63. The highest BCUT2D eigenvalue weighted by atomic mass is 16.5. The topological polar surface area (TPSA) is 76.7 Å². The number of nitrogens with one attached hydrogen (secondary N) is 2. The first-order valence-electron chi connectivity index (χ1n) is 12.3. The minimum atomic E-state index is -0.534.